The van der Waals surface area contributed by atoms with Gasteiger partial charge in [-0.25, -0.2) is 8.78 Å². The number of rotatable bonds is 8. The van der Waals surface area contributed by atoms with Crippen LogP contribution >= 0.6 is 11.6 Å². The molecule has 7 nitrogen and oxygen atoms in total. The van der Waals surface area contributed by atoms with Crippen LogP contribution in [0, 0.1) is 11.6 Å². The Kier molecular flexibility index (Phi) is 8.34. The second kappa shape index (κ2) is 11.8. The molecule has 0 bridgehead atoms. The van der Waals surface area contributed by atoms with Crippen molar-refractivity contribution in [1.82, 2.24) is 10.2 Å². The van der Waals surface area contributed by atoms with Crippen LogP contribution in [0.3, 0.4) is 0 Å². The molecule has 0 saturated carbocycles. The predicted octanol–water partition coefficient (Wildman–Crippen LogP) is 5.42. The van der Waals surface area contributed by atoms with Crippen molar-refractivity contribution in [2.24, 2.45) is 5.73 Å². The lowest BCUT2D eigenvalue weighted by Crippen LogP contribution is -2.49. The third kappa shape index (κ3) is 5.63. The Morgan fingerprint density at radius 3 is 2.45 bits per heavy atom. The number of carbonyl (C=O) groups excluding carboxylic acids is 2. The zero-order chi connectivity index (χ0) is 30.2. The van der Waals surface area contributed by atoms with Gasteiger partial charge < -0.3 is 25.4 Å². The molecule has 2 heterocycles. The van der Waals surface area contributed by atoms with E-state index in [9.17, 15) is 18.4 Å². The van der Waals surface area contributed by atoms with Crippen molar-refractivity contribution in [2.45, 2.75) is 44.4 Å². The number of nitrogens with two attached hydrogens (primary N) is 1. The van der Waals surface area contributed by atoms with E-state index >= 15 is 8.78 Å². The third-order valence-electron chi connectivity index (χ3n) is 7.81. The molecule has 42 heavy (non-hydrogen) atoms. The average Bonchev–Trinajstić information content (AvgIpc) is 3.33. The first-order valence-electron chi connectivity index (χ1n) is 13.3. The maximum atomic E-state index is 15.8. The number of primary amides is 1. The number of hydrogen-bond donors (Lipinski definition) is 2. The fourth-order valence-corrected chi connectivity index (χ4v) is 5.97. The minimum absolute atomic E-state index is 0.0146. The van der Waals surface area contributed by atoms with E-state index in [1.807, 2.05) is 30.3 Å². The molecule has 222 valence electrons. The molecule has 0 aliphatic carbocycles. The van der Waals surface area contributed by atoms with Gasteiger partial charge in [0.15, 0.2) is 17.2 Å². The Balaban J connectivity index is 1.58. The summed E-state index contributed by atoms with van der Waals surface area (Å²) in [6.45, 7) is -0.365. The van der Waals surface area contributed by atoms with Crippen molar-refractivity contribution in [3.05, 3.63) is 81.9 Å². The molecule has 0 aromatic heterocycles. The molecule has 1 fully saturated rings. The number of fused-ring (bicyclic) bond motifs is 1. The molecule has 3 N–H and O–H groups in total. The van der Waals surface area contributed by atoms with E-state index < -0.39 is 51.7 Å². The van der Waals surface area contributed by atoms with Gasteiger partial charge in [-0.1, -0.05) is 41.9 Å². The lowest BCUT2D eigenvalue weighted by atomic mass is 9.85. The number of piperidine rings is 1. The van der Waals surface area contributed by atoms with Crippen LogP contribution in [0.4, 0.5) is 17.6 Å². The monoisotopic (exact) mass is 605 g/mol. The highest BCUT2D eigenvalue weighted by Gasteiger charge is 2.44. The topological polar surface area (TPSA) is 93.9 Å². The number of amides is 2. The molecule has 0 unspecified atom stereocenters. The van der Waals surface area contributed by atoms with Gasteiger partial charge in [0.2, 0.25) is 11.8 Å². The van der Waals surface area contributed by atoms with Gasteiger partial charge in [0.25, 0.3) is 0 Å². The molecular weight excluding hydrogens is 578 g/mol. The van der Waals surface area contributed by atoms with E-state index in [1.54, 1.807) is 4.90 Å². The number of nitrogens with one attached hydrogen (secondary N) is 1. The summed E-state index contributed by atoms with van der Waals surface area (Å²) < 4.78 is 67.9. The van der Waals surface area contributed by atoms with Crippen LogP contribution in [0.15, 0.2) is 48.5 Å². The van der Waals surface area contributed by atoms with E-state index in [-0.39, 0.29) is 41.8 Å². The summed E-state index contributed by atoms with van der Waals surface area (Å²) in [5.74, 6) is -4.17. The van der Waals surface area contributed by atoms with Crippen molar-refractivity contribution < 1.29 is 36.6 Å². The number of carbonyl (C=O) groups is 2. The Bertz CT molecular complexity index is 1520. The molecule has 1 atom stereocenters. The Morgan fingerprint density at radius 2 is 1.83 bits per heavy atom. The fraction of sp³-hybridized carbons (Fsp3) is 0.333. The molecule has 0 spiro atoms. The maximum absolute atomic E-state index is 15.8. The SMILES string of the molecule is CC(=O)N1CCC(NC[C@@]2(c3ccccc3)Cc3c(cc(F)c(Cl)c3-c3c(C(N)=O)ccc(OC(F)F)c3F)O2)CC1. The van der Waals surface area contributed by atoms with Crippen LogP contribution < -0.4 is 20.5 Å². The number of halogens is 5. The Labute approximate surface area is 244 Å². The first-order chi connectivity index (χ1) is 20.0. The molecule has 0 radical (unpaired) electrons. The molecule has 5 rings (SSSR count). The smallest absolute Gasteiger partial charge is 0.387 e. The third-order valence-corrected chi connectivity index (χ3v) is 8.18. The van der Waals surface area contributed by atoms with E-state index in [1.165, 1.54) is 6.92 Å². The van der Waals surface area contributed by atoms with E-state index in [4.69, 9.17) is 22.1 Å². The van der Waals surface area contributed by atoms with Crippen LogP contribution in [0.5, 0.6) is 11.5 Å². The first kappa shape index (κ1) is 29.7. The number of nitrogens with zero attached hydrogens (tertiary/aromatic N) is 1. The minimum Gasteiger partial charge on any atom is -0.480 e. The highest BCUT2D eigenvalue weighted by Crippen LogP contribution is 2.50. The fourth-order valence-electron chi connectivity index (χ4n) is 5.70. The molecule has 1 saturated heterocycles. The molecule has 2 aliphatic rings. The zero-order valence-electron chi connectivity index (χ0n) is 22.6. The van der Waals surface area contributed by atoms with Crippen LogP contribution in [-0.4, -0.2) is 49.0 Å². The van der Waals surface area contributed by atoms with Gasteiger partial charge in [0, 0.05) is 61.8 Å². The largest absolute Gasteiger partial charge is 0.480 e. The summed E-state index contributed by atoms with van der Waals surface area (Å²) in [6, 6.07) is 12.2. The normalized spacial score (nSPS) is 18.6. The van der Waals surface area contributed by atoms with Crippen molar-refractivity contribution in [2.75, 3.05) is 19.6 Å². The lowest BCUT2D eigenvalue weighted by molar-refractivity contribution is -0.129. The predicted molar refractivity (Wildman–Crippen MR) is 148 cm³/mol. The standard InChI is InChI=1S/C30H28ClF4N3O4/c1-16(39)38-11-9-18(10-12-38)37-15-30(17-5-3-2-4-6-17)14-20-23(42-30)13-21(32)26(31)24(20)25-19(28(36)40)7-8-22(27(25)33)41-29(34)35/h2-8,13,18,29,37H,9-12,14-15H2,1H3,(H2,36,40)/t30-/m1/s1. The number of hydrogen-bond acceptors (Lipinski definition) is 5. The van der Waals surface area contributed by atoms with Crippen LogP contribution in [-0.2, 0) is 16.8 Å². The summed E-state index contributed by atoms with van der Waals surface area (Å²) in [7, 11) is 0. The first-order valence-corrected chi connectivity index (χ1v) is 13.7. The highest BCUT2D eigenvalue weighted by atomic mass is 35.5. The minimum atomic E-state index is -3.36. The highest BCUT2D eigenvalue weighted by molar-refractivity contribution is 6.34. The zero-order valence-corrected chi connectivity index (χ0v) is 23.3. The summed E-state index contributed by atoms with van der Waals surface area (Å²) in [5.41, 5.74) is 4.24. The maximum Gasteiger partial charge on any atom is 0.387 e. The van der Waals surface area contributed by atoms with E-state index in [2.05, 4.69) is 10.1 Å². The Morgan fingerprint density at radius 1 is 1.14 bits per heavy atom. The van der Waals surface area contributed by atoms with Crippen molar-refractivity contribution in [3.63, 3.8) is 0 Å². The van der Waals surface area contributed by atoms with Gasteiger partial charge in [0.05, 0.1) is 10.6 Å². The number of ether oxygens (including phenoxy) is 2. The van der Waals surface area contributed by atoms with E-state index in [0.29, 0.717) is 25.9 Å². The van der Waals surface area contributed by atoms with Crippen LogP contribution in [0.25, 0.3) is 11.1 Å². The lowest BCUT2D eigenvalue weighted by Gasteiger charge is -2.35. The van der Waals surface area contributed by atoms with Crippen molar-refractivity contribution >= 4 is 23.4 Å². The van der Waals surface area contributed by atoms with Gasteiger partial charge in [-0.2, -0.15) is 8.78 Å². The van der Waals surface area contributed by atoms with Crippen molar-refractivity contribution in [3.8, 4) is 22.6 Å². The quantitative estimate of drug-likeness (QED) is 0.335. The number of alkyl halides is 2. The second-order valence-corrected chi connectivity index (χ2v) is 10.7. The number of likely N-dealkylation sites (tertiary alicyclic amines) is 1. The second-order valence-electron chi connectivity index (χ2n) is 10.4. The van der Waals surface area contributed by atoms with Crippen LogP contribution in [0.2, 0.25) is 5.02 Å². The van der Waals surface area contributed by atoms with Crippen LogP contribution in [0.1, 0.15) is 41.3 Å². The molecule has 3 aromatic rings. The van der Waals surface area contributed by atoms with Gasteiger partial charge in [0.1, 0.15) is 11.6 Å². The molecule has 3 aromatic carbocycles. The van der Waals surface area contributed by atoms with Gasteiger partial charge in [-0.15, -0.1) is 0 Å². The van der Waals surface area contributed by atoms with Crippen molar-refractivity contribution in [1.29, 1.82) is 0 Å². The number of benzene rings is 3. The van der Waals surface area contributed by atoms with Gasteiger partial charge in [-0.3, -0.25) is 9.59 Å². The molecular formula is C30H28ClF4N3O4. The Hall–Kier alpha value is -3.83. The van der Waals surface area contributed by atoms with Gasteiger partial charge >= 0.3 is 6.61 Å². The molecule has 2 aliphatic heterocycles. The summed E-state index contributed by atoms with van der Waals surface area (Å²) in [5, 5.41) is 2.99. The summed E-state index contributed by atoms with van der Waals surface area (Å²) in [6.07, 6.45) is 1.50. The average molecular weight is 606 g/mol. The molecule has 12 heteroatoms. The summed E-state index contributed by atoms with van der Waals surface area (Å²) in [4.78, 5) is 25.9. The van der Waals surface area contributed by atoms with E-state index in [0.717, 1.165) is 23.8 Å². The summed E-state index contributed by atoms with van der Waals surface area (Å²) >= 11 is 6.41. The van der Waals surface area contributed by atoms with Gasteiger partial charge in [-0.05, 0) is 30.5 Å². The molecule has 2 amide bonds.